The molecule has 2 atom stereocenters. The number of guanidine groups is 1. The fraction of sp³-hybridized carbons (Fsp3) is 0.923. The first-order valence-corrected chi connectivity index (χ1v) is 6.64. The van der Waals surface area contributed by atoms with Crippen LogP contribution in [-0.2, 0) is 4.74 Å². The van der Waals surface area contributed by atoms with E-state index in [0.29, 0.717) is 18.1 Å². The van der Waals surface area contributed by atoms with Gasteiger partial charge in [0.05, 0.1) is 12.1 Å². The third-order valence-corrected chi connectivity index (χ3v) is 4.17. The van der Waals surface area contributed by atoms with Crippen LogP contribution in [0.4, 0.5) is 0 Å². The van der Waals surface area contributed by atoms with Crippen molar-refractivity contribution in [1.82, 2.24) is 4.90 Å². The van der Waals surface area contributed by atoms with Crippen LogP contribution in [0, 0.1) is 5.41 Å². The van der Waals surface area contributed by atoms with Crippen LogP contribution in [0.1, 0.15) is 40.0 Å². The normalized spacial score (nSPS) is 27.7. The quantitative estimate of drug-likeness (QED) is 0.590. The van der Waals surface area contributed by atoms with Gasteiger partial charge in [0.15, 0.2) is 5.96 Å². The highest BCUT2D eigenvalue weighted by Crippen LogP contribution is 2.50. The third kappa shape index (κ3) is 2.57. The van der Waals surface area contributed by atoms with Crippen molar-refractivity contribution in [2.45, 2.75) is 52.2 Å². The van der Waals surface area contributed by atoms with Crippen LogP contribution in [0.3, 0.4) is 0 Å². The van der Waals surface area contributed by atoms with Gasteiger partial charge in [-0.25, -0.2) is 4.99 Å². The molecule has 1 aliphatic rings. The summed E-state index contributed by atoms with van der Waals surface area (Å²) in [7, 11) is 3.86. The van der Waals surface area contributed by atoms with Gasteiger partial charge < -0.3 is 15.4 Å². The highest BCUT2D eigenvalue weighted by atomic mass is 16.5. The summed E-state index contributed by atoms with van der Waals surface area (Å²) in [6.07, 6.45) is 3.56. The topological polar surface area (TPSA) is 50.9 Å². The van der Waals surface area contributed by atoms with Crippen LogP contribution in [0.2, 0.25) is 0 Å². The van der Waals surface area contributed by atoms with Crippen molar-refractivity contribution in [2.75, 3.05) is 20.7 Å². The smallest absolute Gasteiger partial charge is 0.191 e. The zero-order chi connectivity index (χ0) is 13.1. The van der Waals surface area contributed by atoms with Crippen LogP contribution in [0.15, 0.2) is 4.99 Å². The molecule has 100 valence electrons. The maximum absolute atomic E-state index is 5.91. The Balaban J connectivity index is 2.79. The van der Waals surface area contributed by atoms with E-state index < -0.39 is 0 Å². The van der Waals surface area contributed by atoms with Gasteiger partial charge in [-0.3, -0.25) is 0 Å². The molecule has 4 nitrogen and oxygen atoms in total. The second kappa shape index (κ2) is 5.71. The van der Waals surface area contributed by atoms with Crippen molar-refractivity contribution >= 4 is 5.96 Å². The predicted octanol–water partition coefficient (Wildman–Crippen LogP) is 1.85. The van der Waals surface area contributed by atoms with Crippen LogP contribution in [0.5, 0.6) is 0 Å². The Morgan fingerprint density at radius 2 is 1.94 bits per heavy atom. The molecule has 4 heteroatoms. The lowest BCUT2D eigenvalue weighted by Gasteiger charge is -2.53. The molecule has 0 aromatic carbocycles. The molecule has 0 heterocycles. The lowest BCUT2D eigenvalue weighted by molar-refractivity contribution is -0.127. The molecule has 0 saturated heterocycles. The molecule has 2 unspecified atom stereocenters. The molecule has 1 saturated carbocycles. The predicted molar refractivity (Wildman–Crippen MR) is 72.1 cm³/mol. The van der Waals surface area contributed by atoms with Crippen molar-refractivity contribution in [3.63, 3.8) is 0 Å². The molecule has 1 rings (SSSR count). The minimum atomic E-state index is 0.191. The SMILES string of the molecule is CCOC1CC(N=C(N)N(C)C)C1(CC)CC. The maximum atomic E-state index is 5.91. The van der Waals surface area contributed by atoms with E-state index in [2.05, 4.69) is 25.8 Å². The summed E-state index contributed by atoms with van der Waals surface area (Å²) in [5, 5.41) is 0. The summed E-state index contributed by atoms with van der Waals surface area (Å²) in [6.45, 7) is 7.29. The molecule has 0 spiro atoms. The molecule has 0 bridgehead atoms. The molecular formula is C13H27N3O. The van der Waals surface area contributed by atoms with Crippen LogP contribution in [0.25, 0.3) is 0 Å². The van der Waals surface area contributed by atoms with Gasteiger partial charge in [0, 0.05) is 26.1 Å². The molecular weight excluding hydrogens is 214 g/mol. The lowest BCUT2D eigenvalue weighted by atomic mass is 9.59. The van der Waals surface area contributed by atoms with Gasteiger partial charge >= 0.3 is 0 Å². The van der Waals surface area contributed by atoms with Gasteiger partial charge in [0.1, 0.15) is 0 Å². The number of nitrogens with zero attached hydrogens (tertiary/aromatic N) is 2. The Morgan fingerprint density at radius 1 is 1.35 bits per heavy atom. The fourth-order valence-corrected chi connectivity index (χ4v) is 2.79. The Bertz CT molecular complexity index is 272. The molecule has 0 amide bonds. The molecule has 2 N–H and O–H groups in total. The second-order valence-corrected chi connectivity index (χ2v) is 5.02. The summed E-state index contributed by atoms with van der Waals surface area (Å²) >= 11 is 0. The second-order valence-electron chi connectivity index (χ2n) is 5.02. The largest absolute Gasteiger partial charge is 0.378 e. The molecule has 17 heavy (non-hydrogen) atoms. The number of hydrogen-bond acceptors (Lipinski definition) is 2. The average molecular weight is 241 g/mol. The Hall–Kier alpha value is -0.770. The van der Waals surface area contributed by atoms with E-state index >= 15 is 0 Å². The maximum Gasteiger partial charge on any atom is 0.191 e. The summed E-state index contributed by atoms with van der Waals surface area (Å²) in [6, 6.07) is 0.316. The van der Waals surface area contributed by atoms with E-state index in [9.17, 15) is 0 Å². The molecule has 0 aliphatic heterocycles. The number of nitrogens with two attached hydrogens (primary N) is 1. The van der Waals surface area contributed by atoms with Crippen molar-refractivity contribution in [2.24, 2.45) is 16.1 Å². The van der Waals surface area contributed by atoms with Gasteiger partial charge in [0.2, 0.25) is 0 Å². The van der Waals surface area contributed by atoms with Gasteiger partial charge in [-0.2, -0.15) is 0 Å². The number of ether oxygens (including phenoxy) is 1. The standard InChI is InChI=1S/C13H27N3O/c1-6-13(7-2)10(9-11(13)17-8-3)15-12(14)16(4)5/h10-11H,6-9H2,1-5H3,(H2,14,15). The summed E-state index contributed by atoms with van der Waals surface area (Å²) < 4.78 is 5.82. The zero-order valence-electron chi connectivity index (χ0n) is 11.9. The minimum Gasteiger partial charge on any atom is -0.378 e. The first kappa shape index (κ1) is 14.3. The van der Waals surface area contributed by atoms with E-state index in [1.54, 1.807) is 0 Å². The molecule has 1 fully saturated rings. The van der Waals surface area contributed by atoms with Gasteiger partial charge in [-0.05, 0) is 26.2 Å². The van der Waals surface area contributed by atoms with E-state index in [-0.39, 0.29) is 5.41 Å². The average Bonchev–Trinajstić information content (AvgIpc) is 2.29. The molecule has 1 aliphatic carbocycles. The Morgan fingerprint density at radius 3 is 2.35 bits per heavy atom. The highest BCUT2D eigenvalue weighted by molar-refractivity contribution is 5.77. The fourth-order valence-electron chi connectivity index (χ4n) is 2.79. The number of aliphatic imine (C=N–C) groups is 1. The molecule has 0 aromatic heterocycles. The Kier molecular flexibility index (Phi) is 4.80. The number of rotatable bonds is 5. The first-order chi connectivity index (χ1) is 8.01. The van der Waals surface area contributed by atoms with Crippen molar-refractivity contribution < 1.29 is 4.74 Å². The number of hydrogen-bond donors (Lipinski definition) is 1. The summed E-state index contributed by atoms with van der Waals surface area (Å²) in [5.41, 5.74) is 6.10. The van der Waals surface area contributed by atoms with Crippen LogP contribution >= 0.6 is 0 Å². The van der Waals surface area contributed by atoms with E-state index in [0.717, 1.165) is 25.9 Å². The lowest BCUT2D eigenvalue weighted by Crippen LogP contribution is -2.57. The minimum absolute atomic E-state index is 0.191. The Labute approximate surface area is 105 Å². The summed E-state index contributed by atoms with van der Waals surface area (Å²) in [5.74, 6) is 0.622. The van der Waals surface area contributed by atoms with Crippen molar-refractivity contribution in [1.29, 1.82) is 0 Å². The van der Waals surface area contributed by atoms with Gasteiger partial charge in [0.25, 0.3) is 0 Å². The van der Waals surface area contributed by atoms with E-state index in [1.165, 1.54) is 0 Å². The van der Waals surface area contributed by atoms with E-state index in [1.807, 2.05) is 19.0 Å². The third-order valence-electron chi connectivity index (χ3n) is 4.17. The highest BCUT2D eigenvalue weighted by Gasteiger charge is 2.53. The molecule has 0 radical (unpaired) electrons. The van der Waals surface area contributed by atoms with Gasteiger partial charge in [-0.1, -0.05) is 13.8 Å². The summed E-state index contributed by atoms with van der Waals surface area (Å²) in [4.78, 5) is 6.52. The van der Waals surface area contributed by atoms with Crippen molar-refractivity contribution in [3.05, 3.63) is 0 Å². The van der Waals surface area contributed by atoms with Crippen LogP contribution < -0.4 is 5.73 Å². The van der Waals surface area contributed by atoms with Gasteiger partial charge in [-0.15, -0.1) is 0 Å². The monoisotopic (exact) mass is 241 g/mol. The van der Waals surface area contributed by atoms with Crippen molar-refractivity contribution in [3.8, 4) is 0 Å². The molecule has 0 aromatic rings. The first-order valence-electron chi connectivity index (χ1n) is 6.64. The van der Waals surface area contributed by atoms with E-state index in [4.69, 9.17) is 10.5 Å². The van der Waals surface area contributed by atoms with Crippen LogP contribution in [-0.4, -0.2) is 43.7 Å². The zero-order valence-corrected chi connectivity index (χ0v) is 11.9.